The first-order chi connectivity index (χ1) is 22.4. The van der Waals surface area contributed by atoms with Gasteiger partial charge in [0.1, 0.15) is 21.1 Å². The van der Waals surface area contributed by atoms with Crippen molar-refractivity contribution in [2.24, 2.45) is 0 Å². The monoisotopic (exact) mass is 676 g/mol. The maximum atomic E-state index is 11.7. The van der Waals surface area contributed by atoms with E-state index >= 15 is 0 Å². The number of ether oxygens (including phenoxy) is 2. The predicted molar refractivity (Wildman–Crippen MR) is 192 cm³/mol. The summed E-state index contributed by atoms with van der Waals surface area (Å²) in [4.78, 5) is 11.2. The summed E-state index contributed by atoms with van der Waals surface area (Å²) in [5.74, 6) is 2.23. The Morgan fingerprint density at radius 1 is 0.630 bits per heavy atom. The van der Waals surface area contributed by atoms with Crippen LogP contribution < -0.4 is 9.47 Å². The van der Waals surface area contributed by atoms with Gasteiger partial charge in [0.15, 0.2) is 0 Å². The third kappa shape index (κ3) is 8.17. The molecule has 2 fully saturated rings. The lowest BCUT2D eigenvalue weighted by atomic mass is 10.00. The van der Waals surface area contributed by atoms with Crippen molar-refractivity contribution in [2.45, 2.75) is 33.1 Å². The zero-order valence-electron chi connectivity index (χ0n) is 27.0. The predicted octanol–water partition coefficient (Wildman–Crippen LogP) is 6.87. The van der Waals surface area contributed by atoms with Crippen molar-refractivity contribution in [2.75, 3.05) is 66.6 Å². The van der Waals surface area contributed by atoms with Gasteiger partial charge in [-0.25, -0.2) is 0 Å². The number of rotatable bonds is 11. The van der Waals surface area contributed by atoms with Crippen molar-refractivity contribution in [3.8, 4) is 27.7 Å². The molecule has 46 heavy (non-hydrogen) atoms. The molecular weight excluding hydrogens is 633 g/mol. The van der Waals surface area contributed by atoms with Crippen LogP contribution >= 0.6 is 32.9 Å². The standard InChI is InChI=1S/C36H44N4O3S3/c1-26-35(45-46-36(26)44)29-20-30(24-39-16-12-37(13-17-39)22-27-4-8-32(42-2)9-5-27)34(41)31(21-29)25-40-18-14-38(15-19-40)23-28-6-10-33(43-3)11-7-28/h4-11,20-21,41H,12-19,22-25H2,1-3H3. The first-order valence-corrected chi connectivity index (χ1v) is 18.5. The van der Waals surface area contributed by atoms with Crippen LogP contribution in [0.2, 0.25) is 0 Å². The zero-order chi connectivity index (χ0) is 32.0. The van der Waals surface area contributed by atoms with Crippen molar-refractivity contribution < 1.29 is 14.6 Å². The van der Waals surface area contributed by atoms with E-state index in [4.69, 9.17) is 21.7 Å². The molecule has 2 aliphatic rings. The minimum absolute atomic E-state index is 0.446. The van der Waals surface area contributed by atoms with Gasteiger partial charge in [-0.2, -0.15) is 0 Å². The van der Waals surface area contributed by atoms with Gasteiger partial charge in [-0.3, -0.25) is 19.6 Å². The van der Waals surface area contributed by atoms with Crippen LogP contribution in [-0.2, 0) is 26.2 Å². The van der Waals surface area contributed by atoms with E-state index in [1.165, 1.54) is 27.1 Å². The molecule has 2 aliphatic heterocycles. The van der Waals surface area contributed by atoms with E-state index in [9.17, 15) is 5.11 Å². The van der Waals surface area contributed by atoms with Gasteiger partial charge in [0.05, 0.1) is 19.1 Å². The van der Waals surface area contributed by atoms with Crippen molar-refractivity contribution in [1.82, 2.24) is 19.6 Å². The first-order valence-electron chi connectivity index (χ1n) is 16.0. The Hall–Kier alpha value is -2.83. The summed E-state index contributed by atoms with van der Waals surface area (Å²) in [6.07, 6.45) is 0. The number of aromatic hydroxyl groups is 1. The highest BCUT2D eigenvalue weighted by molar-refractivity contribution is 7.80. The highest BCUT2D eigenvalue weighted by Gasteiger charge is 2.23. The van der Waals surface area contributed by atoms with Crippen LogP contribution in [0.3, 0.4) is 0 Å². The molecule has 0 bridgehead atoms. The van der Waals surface area contributed by atoms with Gasteiger partial charge in [-0.1, -0.05) is 57.2 Å². The molecule has 2 saturated heterocycles. The fraction of sp³-hybridized carbons (Fsp3) is 0.417. The molecule has 244 valence electrons. The molecule has 0 radical (unpaired) electrons. The van der Waals surface area contributed by atoms with E-state index in [1.54, 1.807) is 34.9 Å². The van der Waals surface area contributed by atoms with Crippen molar-refractivity contribution in [1.29, 1.82) is 0 Å². The van der Waals surface area contributed by atoms with E-state index < -0.39 is 0 Å². The minimum atomic E-state index is 0.446. The number of piperazine rings is 2. The summed E-state index contributed by atoms with van der Waals surface area (Å²) in [7, 11) is 6.83. The van der Waals surface area contributed by atoms with Crippen LogP contribution in [0.4, 0.5) is 0 Å². The van der Waals surface area contributed by atoms with Gasteiger partial charge in [0.25, 0.3) is 0 Å². The summed E-state index contributed by atoms with van der Waals surface area (Å²) in [5, 5.41) is 11.7. The average molecular weight is 677 g/mol. The molecule has 7 nitrogen and oxygen atoms in total. The molecule has 4 aromatic rings. The molecule has 3 aromatic carbocycles. The average Bonchev–Trinajstić information content (AvgIpc) is 3.42. The third-order valence-electron chi connectivity index (χ3n) is 9.23. The molecule has 3 heterocycles. The fourth-order valence-corrected chi connectivity index (χ4v) is 9.25. The van der Waals surface area contributed by atoms with E-state index in [-0.39, 0.29) is 0 Å². The summed E-state index contributed by atoms with van der Waals surface area (Å²) in [6, 6.07) is 21.2. The molecule has 0 spiro atoms. The van der Waals surface area contributed by atoms with Crippen molar-refractivity contribution >= 4 is 32.9 Å². The molecule has 0 amide bonds. The normalized spacial score (nSPS) is 16.9. The number of benzene rings is 3. The molecule has 0 aliphatic carbocycles. The number of methoxy groups -OCH3 is 2. The second-order valence-electron chi connectivity index (χ2n) is 12.4. The lowest BCUT2D eigenvalue weighted by Gasteiger charge is -2.36. The molecule has 0 saturated carbocycles. The van der Waals surface area contributed by atoms with E-state index in [0.717, 1.165) is 105 Å². The summed E-state index contributed by atoms with van der Waals surface area (Å²) < 4.78 is 11.6. The van der Waals surface area contributed by atoms with Gasteiger partial charge in [0, 0.05) is 89.7 Å². The summed E-state index contributed by atoms with van der Waals surface area (Å²) >= 11 is 5.61. The molecule has 10 heteroatoms. The lowest BCUT2D eigenvalue weighted by Crippen LogP contribution is -2.45. The molecule has 1 N–H and O–H groups in total. The van der Waals surface area contributed by atoms with Crippen LogP contribution in [0.15, 0.2) is 60.7 Å². The Morgan fingerprint density at radius 3 is 1.37 bits per heavy atom. The van der Waals surface area contributed by atoms with E-state index in [2.05, 4.69) is 62.9 Å². The van der Waals surface area contributed by atoms with Gasteiger partial charge in [-0.05, 0) is 65.6 Å². The summed E-state index contributed by atoms with van der Waals surface area (Å²) in [5.41, 5.74) is 6.98. The van der Waals surface area contributed by atoms with Gasteiger partial charge >= 0.3 is 0 Å². The fourth-order valence-electron chi connectivity index (χ4n) is 6.37. The maximum Gasteiger partial charge on any atom is 0.124 e. The van der Waals surface area contributed by atoms with E-state index in [0.29, 0.717) is 5.75 Å². The molecule has 0 unspecified atom stereocenters. The van der Waals surface area contributed by atoms with E-state index in [1.807, 2.05) is 24.3 Å². The van der Waals surface area contributed by atoms with Gasteiger partial charge in [-0.15, -0.1) is 0 Å². The smallest absolute Gasteiger partial charge is 0.124 e. The molecule has 1 aromatic heterocycles. The van der Waals surface area contributed by atoms with Gasteiger partial charge < -0.3 is 14.6 Å². The second kappa shape index (κ2) is 15.4. The second-order valence-corrected chi connectivity index (χ2v) is 15.2. The Labute approximate surface area is 285 Å². The lowest BCUT2D eigenvalue weighted by molar-refractivity contribution is 0.119. The third-order valence-corrected chi connectivity index (χ3v) is 12.6. The number of phenolic OH excluding ortho intramolecular Hbond substituents is 1. The van der Waals surface area contributed by atoms with Crippen LogP contribution in [-0.4, -0.2) is 91.3 Å². The Bertz CT molecular complexity index is 1550. The number of hydrogen-bond acceptors (Lipinski definition) is 10. The largest absolute Gasteiger partial charge is 0.507 e. The van der Waals surface area contributed by atoms with Crippen molar-refractivity contribution in [3.63, 3.8) is 0 Å². The number of hydrogen-bond donors (Lipinski definition) is 1. The zero-order valence-corrected chi connectivity index (χ0v) is 29.5. The van der Waals surface area contributed by atoms with Crippen LogP contribution in [0.25, 0.3) is 10.4 Å². The maximum absolute atomic E-state index is 11.7. The Balaban J connectivity index is 1.11. The summed E-state index contributed by atoms with van der Waals surface area (Å²) in [6.45, 7) is 13.4. The Morgan fingerprint density at radius 2 is 1.02 bits per heavy atom. The van der Waals surface area contributed by atoms with Crippen LogP contribution in [0, 0.1) is 10.7 Å². The van der Waals surface area contributed by atoms with Crippen LogP contribution in [0.5, 0.6) is 17.2 Å². The Kier molecular flexibility index (Phi) is 11.1. The molecule has 0 atom stereocenters. The quantitative estimate of drug-likeness (QED) is 0.137. The SMILES string of the molecule is COc1ccc(CN2CCN(Cc3cc(-c4ssc(=S)c4C)cc(CN4CCN(Cc5ccc(OC)cc5)CC4)c3O)CC2)cc1. The highest BCUT2D eigenvalue weighted by Crippen LogP contribution is 2.38. The number of nitrogens with zero attached hydrogens (tertiary/aromatic N) is 4. The minimum Gasteiger partial charge on any atom is -0.507 e. The topological polar surface area (TPSA) is 51.7 Å². The molecule has 6 rings (SSSR count). The van der Waals surface area contributed by atoms with Crippen LogP contribution in [0.1, 0.15) is 27.8 Å². The van der Waals surface area contributed by atoms with Crippen molar-refractivity contribution in [3.05, 3.63) is 92.3 Å². The number of phenols is 1. The van der Waals surface area contributed by atoms with Gasteiger partial charge in [0.2, 0.25) is 0 Å². The first kappa shape index (κ1) is 33.1. The molecular formula is C36H44N4O3S3. The highest BCUT2D eigenvalue weighted by atomic mass is 32.9.